The molecule has 0 saturated carbocycles. The molecule has 0 aliphatic heterocycles. The third kappa shape index (κ3) is 5.21. The molecule has 0 spiro atoms. The van der Waals surface area contributed by atoms with Crippen LogP contribution in [0.2, 0.25) is 10.0 Å². The van der Waals surface area contributed by atoms with E-state index in [9.17, 15) is 13.2 Å². The van der Waals surface area contributed by atoms with Crippen LogP contribution < -0.4 is 5.32 Å². The third-order valence-corrected chi connectivity index (χ3v) is 6.53. The lowest BCUT2D eigenvalue weighted by Crippen LogP contribution is -2.39. The third-order valence-electron chi connectivity index (χ3n) is 3.94. The number of halogens is 2. The molecule has 7 heteroatoms. The summed E-state index contributed by atoms with van der Waals surface area (Å²) in [4.78, 5) is 12.4. The summed E-state index contributed by atoms with van der Waals surface area (Å²) in [6.45, 7) is 3.19. The molecule has 0 heterocycles. The summed E-state index contributed by atoms with van der Waals surface area (Å²) in [5.41, 5.74) is 1.32. The van der Waals surface area contributed by atoms with Crippen molar-refractivity contribution in [1.29, 1.82) is 0 Å². The van der Waals surface area contributed by atoms with Crippen LogP contribution in [-0.2, 0) is 20.4 Å². The fraction of sp³-hybridized carbons (Fsp3) is 0.278. The number of carbonyl (C=O) groups excluding carboxylic acids is 1. The molecule has 0 aliphatic carbocycles. The zero-order chi connectivity index (χ0) is 18.6. The Labute approximate surface area is 158 Å². The number of nitrogens with one attached hydrogen (secondary N) is 1. The van der Waals surface area contributed by atoms with Gasteiger partial charge < -0.3 is 5.32 Å². The van der Waals surface area contributed by atoms with Crippen LogP contribution in [0.1, 0.15) is 31.0 Å². The molecule has 0 bridgehead atoms. The van der Waals surface area contributed by atoms with Crippen molar-refractivity contribution in [1.82, 2.24) is 5.32 Å². The Morgan fingerprint density at radius 3 is 2.32 bits per heavy atom. The fourth-order valence-electron chi connectivity index (χ4n) is 2.30. The second kappa shape index (κ2) is 8.21. The van der Waals surface area contributed by atoms with E-state index >= 15 is 0 Å². The van der Waals surface area contributed by atoms with Crippen LogP contribution in [-0.4, -0.2) is 19.6 Å². The summed E-state index contributed by atoms with van der Waals surface area (Å²) in [7, 11) is -3.72. The van der Waals surface area contributed by atoms with E-state index in [0.29, 0.717) is 10.6 Å². The summed E-state index contributed by atoms with van der Waals surface area (Å²) in [5, 5.41) is 2.24. The van der Waals surface area contributed by atoms with E-state index in [1.807, 2.05) is 37.3 Å². The molecule has 2 aromatic rings. The highest BCUT2D eigenvalue weighted by Gasteiger charge is 2.29. The molecule has 2 atom stereocenters. The number of carbonyl (C=O) groups is 1. The highest BCUT2D eigenvalue weighted by Crippen LogP contribution is 2.24. The predicted octanol–water partition coefficient (Wildman–Crippen LogP) is 4.17. The van der Waals surface area contributed by atoms with Gasteiger partial charge in [0.1, 0.15) is 5.25 Å². The van der Waals surface area contributed by atoms with Crippen molar-refractivity contribution in [3.63, 3.8) is 0 Å². The minimum absolute atomic E-state index is 0.265. The van der Waals surface area contributed by atoms with Gasteiger partial charge in [-0.1, -0.05) is 59.6 Å². The van der Waals surface area contributed by atoms with Crippen molar-refractivity contribution in [2.75, 3.05) is 0 Å². The maximum atomic E-state index is 12.5. The van der Waals surface area contributed by atoms with E-state index < -0.39 is 21.0 Å². The van der Waals surface area contributed by atoms with Crippen molar-refractivity contribution in [3.05, 3.63) is 69.7 Å². The topological polar surface area (TPSA) is 63.2 Å². The average molecular weight is 400 g/mol. The van der Waals surface area contributed by atoms with E-state index in [1.54, 1.807) is 12.1 Å². The lowest BCUT2D eigenvalue weighted by Gasteiger charge is -2.18. The molecule has 2 aromatic carbocycles. The van der Waals surface area contributed by atoms with Gasteiger partial charge in [0.25, 0.3) is 0 Å². The van der Waals surface area contributed by atoms with Gasteiger partial charge in [-0.3, -0.25) is 4.79 Å². The lowest BCUT2D eigenvalue weighted by molar-refractivity contribution is -0.121. The molecule has 0 aliphatic rings. The Bertz CT molecular complexity index is 854. The van der Waals surface area contributed by atoms with Gasteiger partial charge in [-0.05, 0) is 37.1 Å². The van der Waals surface area contributed by atoms with Gasteiger partial charge in [-0.15, -0.1) is 0 Å². The van der Waals surface area contributed by atoms with Crippen LogP contribution >= 0.6 is 23.2 Å². The molecule has 134 valence electrons. The minimum atomic E-state index is -3.72. The van der Waals surface area contributed by atoms with E-state index in [4.69, 9.17) is 23.2 Å². The smallest absolute Gasteiger partial charge is 0.238 e. The number of hydrogen-bond acceptors (Lipinski definition) is 3. The van der Waals surface area contributed by atoms with Crippen molar-refractivity contribution >= 4 is 38.9 Å². The molecule has 4 nitrogen and oxygen atoms in total. The maximum absolute atomic E-state index is 12.5. The Balaban J connectivity index is 2.09. The standard InChI is InChI=1S/C18H19Cl2NO3S/c1-12(14-6-4-3-5-7-14)21-18(22)13(2)25(23,24)11-15-8-9-16(19)10-17(15)20/h3-10,12-13H,11H2,1-2H3,(H,21,22). The molecule has 25 heavy (non-hydrogen) atoms. The Morgan fingerprint density at radius 1 is 1.08 bits per heavy atom. The van der Waals surface area contributed by atoms with Gasteiger partial charge in [-0.2, -0.15) is 0 Å². The first-order chi connectivity index (χ1) is 11.7. The molecule has 0 radical (unpaired) electrons. The highest BCUT2D eigenvalue weighted by atomic mass is 35.5. The van der Waals surface area contributed by atoms with Crippen LogP contribution in [0.5, 0.6) is 0 Å². The van der Waals surface area contributed by atoms with Crippen molar-refractivity contribution in [2.24, 2.45) is 0 Å². The SMILES string of the molecule is CC(NC(=O)C(C)S(=O)(=O)Cc1ccc(Cl)cc1Cl)c1ccccc1. The highest BCUT2D eigenvalue weighted by molar-refractivity contribution is 7.92. The maximum Gasteiger partial charge on any atom is 0.238 e. The molecule has 0 saturated heterocycles. The van der Waals surface area contributed by atoms with E-state index in [2.05, 4.69) is 5.32 Å². The van der Waals surface area contributed by atoms with Gasteiger partial charge in [0.15, 0.2) is 9.84 Å². The van der Waals surface area contributed by atoms with Gasteiger partial charge in [0.05, 0.1) is 11.8 Å². The second-order valence-corrected chi connectivity index (χ2v) is 8.99. The van der Waals surface area contributed by atoms with Crippen LogP contribution in [0.3, 0.4) is 0 Å². The first-order valence-electron chi connectivity index (χ1n) is 7.71. The van der Waals surface area contributed by atoms with Gasteiger partial charge in [-0.25, -0.2) is 8.42 Å². The average Bonchev–Trinajstić information content (AvgIpc) is 2.57. The van der Waals surface area contributed by atoms with Gasteiger partial charge in [0, 0.05) is 10.0 Å². The van der Waals surface area contributed by atoms with E-state index in [1.165, 1.54) is 13.0 Å². The molecule has 1 amide bonds. The van der Waals surface area contributed by atoms with Crippen molar-refractivity contribution < 1.29 is 13.2 Å². The summed E-state index contributed by atoms with van der Waals surface area (Å²) in [5.74, 6) is -0.862. The van der Waals surface area contributed by atoms with Crippen LogP contribution in [0, 0.1) is 0 Å². The zero-order valence-electron chi connectivity index (χ0n) is 13.9. The monoisotopic (exact) mass is 399 g/mol. The quantitative estimate of drug-likeness (QED) is 0.792. The van der Waals surface area contributed by atoms with Gasteiger partial charge >= 0.3 is 0 Å². The summed E-state index contributed by atoms with van der Waals surface area (Å²) in [6, 6.07) is 13.7. The zero-order valence-corrected chi connectivity index (χ0v) is 16.2. The molecule has 1 N–H and O–H groups in total. The molecule has 0 aromatic heterocycles. The first kappa shape index (κ1) is 19.8. The predicted molar refractivity (Wildman–Crippen MR) is 102 cm³/mol. The van der Waals surface area contributed by atoms with Crippen molar-refractivity contribution in [3.8, 4) is 0 Å². The largest absolute Gasteiger partial charge is 0.348 e. The number of benzene rings is 2. The summed E-state index contributed by atoms with van der Waals surface area (Å²) in [6.07, 6.45) is 0. The molecule has 0 fully saturated rings. The molecular formula is C18H19Cl2NO3S. The molecule has 2 rings (SSSR count). The van der Waals surface area contributed by atoms with E-state index in [-0.39, 0.29) is 16.8 Å². The number of sulfone groups is 1. The lowest BCUT2D eigenvalue weighted by atomic mass is 10.1. The van der Waals surface area contributed by atoms with Gasteiger partial charge in [0.2, 0.25) is 5.91 Å². The second-order valence-electron chi connectivity index (χ2n) is 5.83. The number of rotatable bonds is 6. The van der Waals surface area contributed by atoms with Crippen LogP contribution in [0.15, 0.2) is 48.5 Å². The first-order valence-corrected chi connectivity index (χ1v) is 10.2. The number of hydrogen-bond donors (Lipinski definition) is 1. The molecular weight excluding hydrogens is 381 g/mol. The van der Waals surface area contributed by atoms with Crippen LogP contribution in [0.25, 0.3) is 0 Å². The van der Waals surface area contributed by atoms with Crippen molar-refractivity contribution in [2.45, 2.75) is 30.9 Å². The molecule has 2 unspecified atom stereocenters. The Morgan fingerprint density at radius 2 is 1.72 bits per heavy atom. The summed E-state index contributed by atoms with van der Waals surface area (Å²) >= 11 is 11.9. The normalized spacial score (nSPS) is 13.9. The fourth-order valence-corrected chi connectivity index (χ4v) is 4.18. The Hall–Kier alpha value is -1.56. The van der Waals surface area contributed by atoms with Crippen LogP contribution in [0.4, 0.5) is 0 Å². The van der Waals surface area contributed by atoms with E-state index in [0.717, 1.165) is 5.56 Å². The minimum Gasteiger partial charge on any atom is -0.348 e. The number of amides is 1. The Kier molecular flexibility index (Phi) is 6.49. The summed E-state index contributed by atoms with van der Waals surface area (Å²) < 4.78 is 25.1.